The molecule has 27 heavy (non-hydrogen) atoms. The first kappa shape index (κ1) is 20.4. The average Bonchev–Trinajstić information content (AvgIpc) is 2.66. The van der Waals surface area contributed by atoms with Gasteiger partial charge in [0.25, 0.3) is 0 Å². The zero-order chi connectivity index (χ0) is 19.6. The Labute approximate surface area is 163 Å². The Morgan fingerprint density at radius 1 is 1.04 bits per heavy atom. The topological polar surface area (TPSA) is 76.7 Å². The molecule has 0 radical (unpaired) electrons. The fourth-order valence-corrected chi connectivity index (χ4v) is 2.45. The van der Waals surface area contributed by atoms with E-state index in [0.717, 1.165) is 5.75 Å². The van der Waals surface area contributed by atoms with Gasteiger partial charge in [-0.05, 0) is 62.0 Å². The number of benzene rings is 2. The van der Waals surface area contributed by atoms with Crippen molar-refractivity contribution in [2.24, 2.45) is 0 Å². The van der Waals surface area contributed by atoms with E-state index in [9.17, 15) is 9.59 Å². The summed E-state index contributed by atoms with van der Waals surface area (Å²) in [6.45, 7) is 2.46. The van der Waals surface area contributed by atoms with Crippen LogP contribution in [0.1, 0.15) is 28.8 Å². The summed E-state index contributed by atoms with van der Waals surface area (Å²) in [4.78, 5) is 23.3. The maximum atomic E-state index is 11.9. The second-order valence-corrected chi connectivity index (χ2v) is 6.24. The van der Waals surface area contributed by atoms with E-state index < -0.39 is 5.97 Å². The Morgan fingerprint density at radius 3 is 2.33 bits per heavy atom. The molecule has 0 aliphatic carbocycles. The summed E-state index contributed by atoms with van der Waals surface area (Å²) in [7, 11) is 1.32. The van der Waals surface area contributed by atoms with Crippen molar-refractivity contribution < 1.29 is 19.1 Å². The predicted molar refractivity (Wildman–Crippen MR) is 108 cm³/mol. The molecule has 0 heterocycles. The normalized spacial score (nSPS) is 10.0. The zero-order valence-corrected chi connectivity index (χ0v) is 16.1. The molecule has 6 nitrogen and oxygen atoms in total. The summed E-state index contributed by atoms with van der Waals surface area (Å²) in [6, 6.07) is 14.3. The zero-order valence-electron chi connectivity index (χ0n) is 15.3. The number of ether oxygens (including phenoxy) is 2. The molecule has 0 saturated carbocycles. The third-order valence-electron chi connectivity index (χ3n) is 3.65. The number of amides is 1. The summed E-state index contributed by atoms with van der Waals surface area (Å²) in [5.74, 6) is 0.185. The molecule has 0 fully saturated rings. The third-order valence-corrected chi connectivity index (χ3v) is 3.86. The van der Waals surface area contributed by atoms with Crippen molar-refractivity contribution >= 4 is 34.9 Å². The lowest BCUT2D eigenvalue weighted by molar-refractivity contribution is -0.119. The lowest BCUT2D eigenvalue weighted by Crippen LogP contribution is -2.34. The molecule has 0 spiro atoms. The van der Waals surface area contributed by atoms with Crippen LogP contribution in [-0.4, -0.2) is 30.7 Å². The van der Waals surface area contributed by atoms with Crippen molar-refractivity contribution in [3.63, 3.8) is 0 Å². The van der Waals surface area contributed by atoms with Crippen molar-refractivity contribution in [3.05, 3.63) is 59.7 Å². The maximum absolute atomic E-state index is 11.9. The van der Waals surface area contributed by atoms with E-state index in [2.05, 4.69) is 15.4 Å². The largest absolute Gasteiger partial charge is 0.494 e. The average molecular weight is 386 g/mol. The van der Waals surface area contributed by atoms with E-state index in [1.807, 2.05) is 31.2 Å². The van der Waals surface area contributed by atoms with Gasteiger partial charge >= 0.3 is 5.97 Å². The number of esters is 1. The van der Waals surface area contributed by atoms with Crippen LogP contribution >= 0.6 is 12.2 Å². The molecule has 2 rings (SSSR count). The number of carbonyl (C=O) groups excluding carboxylic acids is 2. The van der Waals surface area contributed by atoms with Gasteiger partial charge in [-0.3, -0.25) is 4.79 Å². The fourth-order valence-electron chi connectivity index (χ4n) is 2.22. The van der Waals surface area contributed by atoms with E-state index in [0.29, 0.717) is 30.7 Å². The van der Waals surface area contributed by atoms with Crippen LogP contribution in [0, 0.1) is 6.92 Å². The number of thiocarbonyl (C=S) groups is 1. The number of hydrogen-bond donors (Lipinski definition) is 2. The van der Waals surface area contributed by atoms with Crippen LogP contribution in [0.3, 0.4) is 0 Å². The van der Waals surface area contributed by atoms with Crippen LogP contribution in [-0.2, 0) is 9.53 Å². The highest BCUT2D eigenvalue weighted by Gasteiger charge is 2.07. The van der Waals surface area contributed by atoms with Gasteiger partial charge in [-0.2, -0.15) is 0 Å². The van der Waals surface area contributed by atoms with E-state index in [1.165, 1.54) is 12.7 Å². The summed E-state index contributed by atoms with van der Waals surface area (Å²) >= 11 is 5.12. The SMILES string of the molecule is COC(=O)c1ccc(NC(=S)NC(=O)CCCOc2ccc(C)cc2)cc1. The van der Waals surface area contributed by atoms with Crippen molar-refractivity contribution in [3.8, 4) is 5.75 Å². The summed E-state index contributed by atoms with van der Waals surface area (Å²) < 4.78 is 10.2. The molecule has 0 unspecified atom stereocenters. The molecule has 7 heteroatoms. The molecule has 0 saturated heterocycles. The quantitative estimate of drug-likeness (QED) is 0.431. The van der Waals surface area contributed by atoms with Gasteiger partial charge in [0, 0.05) is 12.1 Å². The van der Waals surface area contributed by atoms with Crippen molar-refractivity contribution in [2.75, 3.05) is 19.0 Å². The first-order chi connectivity index (χ1) is 13.0. The third kappa shape index (κ3) is 7.07. The lowest BCUT2D eigenvalue weighted by Gasteiger charge is -2.10. The molecule has 0 aliphatic rings. The van der Waals surface area contributed by atoms with Gasteiger partial charge in [-0.1, -0.05) is 17.7 Å². The fraction of sp³-hybridized carbons (Fsp3) is 0.250. The van der Waals surface area contributed by atoms with Gasteiger partial charge in [0.2, 0.25) is 5.91 Å². The van der Waals surface area contributed by atoms with Gasteiger partial charge < -0.3 is 20.1 Å². The Kier molecular flexibility index (Phi) is 7.76. The van der Waals surface area contributed by atoms with Crippen LogP contribution in [0.2, 0.25) is 0 Å². The molecule has 142 valence electrons. The Balaban J connectivity index is 1.68. The van der Waals surface area contributed by atoms with E-state index in [4.69, 9.17) is 17.0 Å². The molecule has 2 N–H and O–H groups in total. The highest BCUT2D eigenvalue weighted by Crippen LogP contribution is 2.12. The van der Waals surface area contributed by atoms with Crippen molar-refractivity contribution in [1.29, 1.82) is 0 Å². The van der Waals surface area contributed by atoms with Gasteiger partial charge in [-0.25, -0.2) is 4.79 Å². The highest BCUT2D eigenvalue weighted by molar-refractivity contribution is 7.80. The number of rotatable bonds is 7. The Morgan fingerprint density at radius 2 is 1.70 bits per heavy atom. The number of aryl methyl sites for hydroxylation is 1. The number of nitrogens with one attached hydrogen (secondary N) is 2. The predicted octanol–water partition coefficient (Wildman–Crippen LogP) is 3.45. The maximum Gasteiger partial charge on any atom is 0.337 e. The van der Waals surface area contributed by atoms with Crippen LogP contribution < -0.4 is 15.4 Å². The minimum absolute atomic E-state index is 0.189. The van der Waals surface area contributed by atoms with Crippen LogP contribution in [0.5, 0.6) is 5.75 Å². The van der Waals surface area contributed by atoms with E-state index >= 15 is 0 Å². The minimum atomic E-state index is -0.412. The van der Waals surface area contributed by atoms with Gasteiger partial charge in [0.15, 0.2) is 5.11 Å². The van der Waals surface area contributed by atoms with Crippen LogP contribution in [0.25, 0.3) is 0 Å². The summed E-state index contributed by atoms with van der Waals surface area (Å²) in [5, 5.41) is 5.71. The summed E-state index contributed by atoms with van der Waals surface area (Å²) in [5.41, 5.74) is 2.27. The van der Waals surface area contributed by atoms with E-state index in [-0.39, 0.29) is 11.0 Å². The van der Waals surface area contributed by atoms with Gasteiger partial charge in [0.05, 0.1) is 19.3 Å². The molecule has 0 bridgehead atoms. The Bertz CT molecular complexity index is 789. The molecule has 0 aliphatic heterocycles. The summed E-state index contributed by atoms with van der Waals surface area (Å²) in [6.07, 6.45) is 0.880. The number of anilines is 1. The first-order valence-electron chi connectivity index (χ1n) is 8.46. The lowest BCUT2D eigenvalue weighted by atomic mass is 10.2. The monoisotopic (exact) mass is 386 g/mol. The smallest absolute Gasteiger partial charge is 0.337 e. The van der Waals surface area contributed by atoms with Crippen molar-refractivity contribution in [2.45, 2.75) is 19.8 Å². The highest BCUT2D eigenvalue weighted by atomic mass is 32.1. The first-order valence-corrected chi connectivity index (χ1v) is 8.87. The minimum Gasteiger partial charge on any atom is -0.494 e. The second-order valence-electron chi connectivity index (χ2n) is 5.84. The molecule has 2 aromatic rings. The molecule has 0 aromatic heterocycles. The van der Waals surface area contributed by atoms with E-state index in [1.54, 1.807) is 24.3 Å². The number of carbonyl (C=O) groups is 2. The van der Waals surface area contributed by atoms with Gasteiger partial charge in [-0.15, -0.1) is 0 Å². The van der Waals surface area contributed by atoms with Gasteiger partial charge in [0.1, 0.15) is 5.75 Å². The van der Waals surface area contributed by atoms with Crippen molar-refractivity contribution in [1.82, 2.24) is 5.32 Å². The molecular weight excluding hydrogens is 364 g/mol. The molecule has 0 atom stereocenters. The van der Waals surface area contributed by atoms with Crippen LogP contribution in [0.4, 0.5) is 5.69 Å². The Hall–Kier alpha value is -2.93. The number of methoxy groups -OCH3 is 1. The molecule has 2 aromatic carbocycles. The molecule has 1 amide bonds. The second kappa shape index (κ2) is 10.3. The van der Waals surface area contributed by atoms with Crippen LogP contribution in [0.15, 0.2) is 48.5 Å². The molecular formula is C20H22N2O4S. The standard InChI is InChI=1S/C20H22N2O4S/c1-14-5-11-17(12-6-14)26-13-3-4-18(23)22-20(27)21-16-9-7-15(8-10-16)19(24)25-2/h5-12H,3-4,13H2,1-2H3,(H2,21,22,23,27). The number of hydrogen-bond acceptors (Lipinski definition) is 5.